The van der Waals surface area contributed by atoms with E-state index >= 15 is 0 Å². The Hall–Kier alpha value is -6.23. The summed E-state index contributed by atoms with van der Waals surface area (Å²) in [5, 5.41) is 10.8. The summed E-state index contributed by atoms with van der Waals surface area (Å²) in [6, 6.07) is 56.5. The Kier molecular flexibility index (Phi) is 5.54. The van der Waals surface area contributed by atoms with Crippen molar-refractivity contribution in [1.29, 1.82) is 0 Å². The van der Waals surface area contributed by atoms with Gasteiger partial charge in [-0.3, -0.25) is 0 Å². The molecule has 0 saturated carbocycles. The van der Waals surface area contributed by atoms with Gasteiger partial charge in [-0.05, 0) is 81.7 Å². The summed E-state index contributed by atoms with van der Waals surface area (Å²) in [5.41, 5.74) is 9.66. The highest BCUT2D eigenvalue weighted by atomic mass is 32.1. The minimum Gasteiger partial charge on any atom is -0.455 e. The SMILES string of the molecule is c1ccc(-c2cccc3c2oc2ccc4sc(-c5ccc(-n6c7cc8ccccc8cc7c7c8ccccc8ccc76)cc5)nc4c23)cc1. The molecule has 0 aliphatic rings. The number of hydrogen-bond donors (Lipinski definition) is 0. The normalized spacial score (nSPS) is 12.1. The smallest absolute Gasteiger partial charge is 0.143 e. The zero-order valence-corrected chi connectivity index (χ0v) is 27.0. The van der Waals surface area contributed by atoms with Gasteiger partial charge in [0.1, 0.15) is 16.2 Å². The maximum atomic E-state index is 6.50. The molecule has 4 heteroatoms. The van der Waals surface area contributed by atoms with Crippen LogP contribution in [-0.4, -0.2) is 9.55 Å². The lowest BCUT2D eigenvalue weighted by atomic mass is 10.0. The molecule has 0 aliphatic carbocycles. The summed E-state index contributed by atoms with van der Waals surface area (Å²) in [7, 11) is 0. The molecular weight excluding hydrogens is 617 g/mol. The first kappa shape index (κ1) is 26.8. The van der Waals surface area contributed by atoms with Crippen LogP contribution < -0.4 is 0 Å². The Labute approximate surface area is 284 Å². The highest BCUT2D eigenvalue weighted by molar-refractivity contribution is 7.21. The summed E-state index contributed by atoms with van der Waals surface area (Å²) in [6.45, 7) is 0. The molecule has 0 spiro atoms. The van der Waals surface area contributed by atoms with Crippen LogP contribution in [0.3, 0.4) is 0 Å². The number of rotatable bonds is 3. The van der Waals surface area contributed by atoms with Crippen molar-refractivity contribution in [3.8, 4) is 27.4 Å². The van der Waals surface area contributed by atoms with E-state index in [1.807, 2.05) is 6.07 Å². The van der Waals surface area contributed by atoms with E-state index in [1.165, 1.54) is 43.4 Å². The third-order valence-electron chi connectivity index (χ3n) is 10.00. The van der Waals surface area contributed by atoms with E-state index < -0.39 is 0 Å². The van der Waals surface area contributed by atoms with Gasteiger partial charge in [0.25, 0.3) is 0 Å². The summed E-state index contributed by atoms with van der Waals surface area (Å²) >= 11 is 1.73. The molecule has 0 atom stereocenters. The third kappa shape index (κ3) is 3.92. The van der Waals surface area contributed by atoms with Gasteiger partial charge >= 0.3 is 0 Å². The fourth-order valence-corrected chi connectivity index (χ4v) is 8.73. The second-order valence-corrected chi connectivity index (χ2v) is 13.8. The van der Waals surface area contributed by atoms with E-state index in [1.54, 1.807) is 11.3 Å². The molecule has 11 aromatic rings. The fraction of sp³-hybridized carbons (Fsp3) is 0. The van der Waals surface area contributed by atoms with Crippen molar-refractivity contribution in [2.24, 2.45) is 0 Å². The number of hydrogen-bond acceptors (Lipinski definition) is 3. The summed E-state index contributed by atoms with van der Waals surface area (Å²) in [6.07, 6.45) is 0. The Morgan fingerprint density at radius 1 is 0.510 bits per heavy atom. The van der Waals surface area contributed by atoms with E-state index in [4.69, 9.17) is 9.40 Å². The van der Waals surface area contributed by atoms with E-state index in [9.17, 15) is 0 Å². The number of furan rings is 1. The van der Waals surface area contributed by atoms with E-state index in [0.29, 0.717) is 0 Å². The Morgan fingerprint density at radius 2 is 1.27 bits per heavy atom. The maximum absolute atomic E-state index is 6.50. The topological polar surface area (TPSA) is 31.0 Å². The van der Waals surface area contributed by atoms with Crippen LogP contribution >= 0.6 is 11.3 Å². The van der Waals surface area contributed by atoms with Gasteiger partial charge < -0.3 is 8.98 Å². The van der Waals surface area contributed by atoms with Gasteiger partial charge in [-0.25, -0.2) is 4.98 Å². The molecule has 49 heavy (non-hydrogen) atoms. The molecule has 0 unspecified atom stereocenters. The van der Waals surface area contributed by atoms with Gasteiger partial charge in [0.15, 0.2) is 0 Å². The van der Waals surface area contributed by atoms with Crippen molar-refractivity contribution in [3.63, 3.8) is 0 Å². The van der Waals surface area contributed by atoms with Crippen LogP contribution in [0, 0.1) is 0 Å². The van der Waals surface area contributed by atoms with Crippen molar-refractivity contribution in [2.75, 3.05) is 0 Å². The zero-order valence-electron chi connectivity index (χ0n) is 26.2. The van der Waals surface area contributed by atoms with Crippen molar-refractivity contribution in [3.05, 3.63) is 158 Å². The number of nitrogens with zero attached hydrogens (tertiary/aromatic N) is 2. The lowest BCUT2D eigenvalue weighted by molar-refractivity contribution is 0.670. The first-order valence-electron chi connectivity index (χ1n) is 16.5. The molecular formula is C45H26N2OS. The lowest BCUT2D eigenvalue weighted by Crippen LogP contribution is -1.94. The Bertz CT molecular complexity index is 3090. The number of fused-ring (bicyclic) bond motifs is 11. The van der Waals surface area contributed by atoms with Gasteiger partial charge in [0.2, 0.25) is 0 Å². The number of para-hydroxylation sites is 1. The van der Waals surface area contributed by atoms with Gasteiger partial charge in [-0.2, -0.15) is 0 Å². The van der Waals surface area contributed by atoms with Crippen LogP contribution in [0.4, 0.5) is 0 Å². The number of aromatic nitrogens is 2. The van der Waals surface area contributed by atoms with Crippen LogP contribution in [-0.2, 0) is 0 Å². The summed E-state index contributed by atoms with van der Waals surface area (Å²) in [5.74, 6) is 0. The second kappa shape index (κ2) is 10.1. The number of thiazole rings is 1. The van der Waals surface area contributed by atoms with Crippen LogP contribution in [0.1, 0.15) is 0 Å². The largest absolute Gasteiger partial charge is 0.455 e. The van der Waals surface area contributed by atoms with E-state index in [-0.39, 0.29) is 0 Å². The maximum Gasteiger partial charge on any atom is 0.143 e. The van der Waals surface area contributed by atoms with E-state index in [0.717, 1.165) is 59.5 Å². The minimum atomic E-state index is 0.865. The average molecular weight is 643 g/mol. The first-order chi connectivity index (χ1) is 24.3. The standard InChI is InChI=1S/C45H26N2OS/c1-2-9-27(10-3-1)34-15-8-16-35-42-39(48-44(34)35)23-24-40-43(42)46-45(49-40)29-17-20-32(21-18-29)47-37-22-19-28-11-6-7-14-33(28)41(37)36-25-30-12-4-5-13-31(30)26-38(36)47/h1-26H. The van der Waals surface area contributed by atoms with Gasteiger partial charge in [0, 0.05) is 33.0 Å². The molecule has 0 fully saturated rings. The fourth-order valence-electron chi connectivity index (χ4n) is 7.75. The van der Waals surface area contributed by atoms with Crippen LogP contribution in [0.25, 0.3) is 103 Å². The van der Waals surface area contributed by atoms with Crippen molar-refractivity contribution < 1.29 is 4.42 Å². The van der Waals surface area contributed by atoms with Gasteiger partial charge in [0.05, 0.1) is 26.6 Å². The predicted octanol–water partition coefficient (Wildman–Crippen LogP) is 12.9. The second-order valence-electron chi connectivity index (χ2n) is 12.7. The molecule has 228 valence electrons. The van der Waals surface area contributed by atoms with Crippen LogP contribution in [0.5, 0.6) is 0 Å². The quantitative estimate of drug-likeness (QED) is 0.192. The number of benzene rings is 8. The van der Waals surface area contributed by atoms with Gasteiger partial charge in [-0.1, -0.05) is 103 Å². The van der Waals surface area contributed by atoms with Crippen LogP contribution in [0.15, 0.2) is 162 Å². The molecule has 11 rings (SSSR count). The molecule has 0 saturated heterocycles. The molecule has 0 bridgehead atoms. The van der Waals surface area contributed by atoms with E-state index in [2.05, 4.69) is 156 Å². The molecule has 8 aromatic carbocycles. The van der Waals surface area contributed by atoms with Crippen molar-refractivity contribution >= 4 is 86.8 Å². The summed E-state index contributed by atoms with van der Waals surface area (Å²) in [4.78, 5) is 5.25. The zero-order chi connectivity index (χ0) is 32.1. The highest BCUT2D eigenvalue weighted by Crippen LogP contribution is 2.43. The molecule has 3 heterocycles. The monoisotopic (exact) mass is 642 g/mol. The third-order valence-corrected chi connectivity index (χ3v) is 11.1. The summed E-state index contributed by atoms with van der Waals surface area (Å²) < 4.78 is 10.1. The van der Waals surface area contributed by atoms with Crippen LogP contribution in [0.2, 0.25) is 0 Å². The molecule has 0 N–H and O–H groups in total. The average Bonchev–Trinajstić information content (AvgIpc) is 3.86. The predicted molar refractivity (Wildman–Crippen MR) is 207 cm³/mol. The van der Waals surface area contributed by atoms with Crippen molar-refractivity contribution in [1.82, 2.24) is 9.55 Å². The Balaban J connectivity index is 1.07. The van der Waals surface area contributed by atoms with Gasteiger partial charge in [-0.15, -0.1) is 11.3 Å². The molecule has 0 aliphatic heterocycles. The minimum absolute atomic E-state index is 0.865. The van der Waals surface area contributed by atoms with Crippen molar-refractivity contribution in [2.45, 2.75) is 0 Å². The Morgan fingerprint density at radius 3 is 2.12 bits per heavy atom. The molecule has 0 radical (unpaired) electrons. The highest BCUT2D eigenvalue weighted by Gasteiger charge is 2.19. The molecule has 3 nitrogen and oxygen atoms in total. The lowest BCUT2D eigenvalue weighted by Gasteiger charge is -2.09. The molecule has 0 amide bonds. The molecule has 3 aromatic heterocycles. The first-order valence-corrected chi connectivity index (χ1v) is 17.4.